The van der Waals surface area contributed by atoms with Crippen LogP contribution >= 0.6 is 0 Å². The molecule has 0 aromatic heterocycles. The van der Waals surface area contributed by atoms with E-state index in [9.17, 15) is 18.0 Å². The summed E-state index contributed by atoms with van der Waals surface area (Å²) in [7, 11) is -3.04. The van der Waals surface area contributed by atoms with Crippen molar-refractivity contribution in [3.05, 3.63) is 35.4 Å². The van der Waals surface area contributed by atoms with E-state index in [1.165, 1.54) is 6.92 Å². The molecular formula is C17H24N2O4S. The van der Waals surface area contributed by atoms with Gasteiger partial charge in [0, 0.05) is 26.1 Å². The Morgan fingerprint density at radius 3 is 2.58 bits per heavy atom. The Morgan fingerprint density at radius 1 is 1.29 bits per heavy atom. The maximum atomic E-state index is 12.0. The van der Waals surface area contributed by atoms with Gasteiger partial charge in [-0.05, 0) is 24.5 Å². The highest BCUT2D eigenvalue weighted by Crippen LogP contribution is 2.17. The molecule has 0 saturated carbocycles. The van der Waals surface area contributed by atoms with Gasteiger partial charge in [-0.2, -0.15) is 0 Å². The lowest BCUT2D eigenvalue weighted by molar-refractivity contribution is -0.131. The Labute approximate surface area is 143 Å². The van der Waals surface area contributed by atoms with Crippen molar-refractivity contribution in [2.75, 3.05) is 24.6 Å². The summed E-state index contributed by atoms with van der Waals surface area (Å²) in [6.07, 6.45) is 0.767. The molecule has 0 radical (unpaired) electrons. The second kappa shape index (κ2) is 7.79. The van der Waals surface area contributed by atoms with E-state index in [0.717, 1.165) is 11.1 Å². The van der Waals surface area contributed by atoms with Crippen LogP contribution in [0.15, 0.2) is 24.3 Å². The number of carbonyl (C=O) groups is 2. The number of aryl methyl sites for hydroxylation is 1. The van der Waals surface area contributed by atoms with Gasteiger partial charge in [0.15, 0.2) is 9.84 Å². The molecule has 6 nitrogen and oxygen atoms in total. The van der Waals surface area contributed by atoms with E-state index in [2.05, 4.69) is 5.32 Å². The molecule has 0 bridgehead atoms. The van der Waals surface area contributed by atoms with Crippen molar-refractivity contribution >= 4 is 21.7 Å². The summed E-state index contributed by atoms with van der Waals surface area (Å²) < 4.78 is 23.2. The van der Waals surface area contributed by atoms with Crippen LogP contribution in [-0.2, 0) is 25.8 Å². The lowest BCUT2D eigenvalue weighted by Gasteiger charge is -2.27. The highest BCUT2D eigenvalue weighted by Gasteiger charge is 2.33. The van der Waals surface area contributed by atoms with Crippen molar-refractivity contribution in [1.82, 2.24) is 10.2 Å². The zero-order valence-corrected chi connectivity index (χ0v) is 14.9. The van der Waals surface area contributed by atoms with E-state index < -0.39 is 9.84 Å². The van der Waals surface area contributed by atoms with Gasteiger partial charge >= 0.3 is 0 Å². The number of carbonyl (C=O) groups excluding carboxylic acids is 2. The summed E-state index contributed by atoms with van der Waals surface area (Å²) in [5.74, 6) is -0.123. The molecule has 132 valence electrons. The van der Waals surface area contributed by atoms with Gasteiger partial charge in [0.1, 0.15) is 0 Å². The zero-order chi connectivity index (χ0) is 17.7. The number of nitrogens with one attached hydrogen (secondary N) is 1. The minimum atomic E-state index is -3.04. The smallest absolute Gasteiger partial charge is 0.224 e. The van der Waals surface area contributed by atoms with E-state index in [1.807, 2.05) is 31.2 Å². The summed E-state index contributed by atoms with van der Waals surface area (Å²) in [6, 6.07) is 7.42. The van der Waals surface area contributed by atoms with Gasteiger partial charge in [-0.15, -0.1) is 0 Å². The largest absolute Gasteiger partial charge is 0.354 e. The fourth-order valence-corrected chi connectivity index (χ4v) is 4.71. The molecule has 0 aliphatic carbocycles. The molecule has 2 amide bonds. The van der Waals surface area contributed by atoms with E-state index in [0.29, 0.717) is 25.9 Å². The second-order valence-electron chi connectivity index (χ2n) is 6.22. The van der Waals surface area contributed by atoms with Crippen LogP contribution in [0.4, 0.5) is 0 Å². The quantitative estimate of drug-likeness (QED) is 0.816. The third-order valence-corrected chi connectivity index (χ3v) is 6.09. The maximum absolute atomic E-state index is 12.0. The minimum absolute atomic E-state index is 0.0176. The van der Waals surface area contributed by atoms with Crippen molar-refractivity contribution in [3.8, 4) is 0 Å². The topological polar surface area (TPSA) is 83.6 Å². The Morgan fingerprint density at radius 2 is 2.00 bits per heavy atom. The molecule has 1 aliphatic heterocycles. The van der Waals surface area contributed by atoms with Gasteiger partial charge in [0.2, 0.25) is 11.8 Å². The number of amides is 2. The lowest BCUT2D eigenvalue weighted by Crippen LogP contribution is -2.44. The van der Waals surface area contributed by atoms with Gasteiger partial charge in [-0.25, -0.2) is 8.42 Å². The predicted molar refractivity (Wildman–Crippen MR) is 92.3 cm³/mol. The Bertz CT molecular complexity index is 715. The molecule has 0 spiro atoms. The number of hydrogen-bond donors (Lipinski definition) is 1. The van der Waals surface area contributed by atoms with E-state index >= 15 is 0 Å². The molecular weight excluding hydrogens is 328 g/mol. The van der Waals surface area contributed by atoms with Gasteiger partial charge < -0.3 is 10.2 Å². The first-order valence-corrected chi connectivity index (χ1v) is 9.89. The summed E-state index contributed by atoms with van der Waals surface area (Å²) in [5, 5.41) is 2.81. The fraction of sp³-hybridized carbons (Fsp3) is 0.529. The number of sulfone groups is 1. The molecule has 1 aliphatic rings. The maximum Gasteiger partial charge on any atom is 0.224 e. The van der Waals surface area contributed by atoms with Crippen molar-refractivity contribution in [3.63, 3.8) is 0 Å². The van der Waals surface area contributed by atoms with Crippen molar-refractivity contribution in [2.24, 2.45) is 0 Å². The summed E-state index contributed by atoms with van der Waals surface area (Å²) in [5.41, 5.74) is 2.04. The van der Waals surface area contributed by atoms with Crippen molar-refractivity contribution in [2.45, 2.75) is 32.7 Å². The first-order valence-electron chi connectivity index (χ1n) is 8.07. The Kier molecular flexibility index (Phi) is 5.99. The fourth-order valence-electron chi connectivity index (χ4n) is 2.98. The number of hydrogen-bond acceptors (Lipinski definition) is 4. The molecule has 24 heavy (non-hydrogen) atoms. The standard InChI is InChI=1S/C17H24N2O4S/c1-13-5-3-4-6-15(13)11-17(21)18-8-9-19(14(2)20)16-7-10-24(22,23)12-16/h3-6,16H,7-12H2,1-2H3,(H,18,21). The van der Waals surface area contributed by atoms with Crippen LogP contribution in [0.25, 0.3) is 0 Å². The third-order valence-electron chi connectivity index (χ3n) is 4.34. The van der Waals surface area contributed by atoms with Gasteiger partial charge in [0.25, 0.3) is 0 Å². The first kappa shape index (κ1) is 18.4. The van der Waals surface area contributed by atoms with Crippen LogP contribution in [0.3, 0.4) is 0 Å². The SMILES string of the molecule is CC(=O)N(CCNC(=O)Cc1ccccc1C)C1CCS(=O)(=O)C1. The molecule has 1 N–H and O–H groups in total. The highest BCUT2D eigenvalue weighted by molar-refractivity contribution is 7.91. The summed E-state index contributed by atoms with van der Waals surface area (Å²) in [4.78, 5) is 25.4. The zero-order valence-electron chi connectivity index (χ0n) is 14.1. The van der Waals surface area contributed by atoms with Crippen molar-refractivity contribution < 1.29 is 18.0 Å². The molecule has 1 unspecified atom stereocenters. The average Bonchev–Trinajstić information content (AvgIpc) is 2.85. The minimum Gasteiger partial charge on any atom is -0.354 e. The lowest BCUT2D eigenvalue weighted by atomic mass is 10.1. The van der Waals surface area contributed by atoms with E-state index in [1.54, 1.807) is 4.90 Å². The molecule has 2 rings (SSSR count). The molecule has 1 saturated heterocycles. The van der Waals surface area contributed by atoms with E-state index in [4.69, 9.17) is 0 Å². The molecule has 1 aromatic rings. The van der Waals surface area contributed by atoms with Gasteiger partial charge in [-0.1, -0.05) is 24.3 Å². The molecule has 1 fully saturated rings. The van der Waals surface area contributed by atoms with Crippen LogP contribution in [0, 0.1) is 6.92 Å². The predicted octanol–water partition coefficient (Wildman–Crippen LogP) is 0.689. The third kappa shape index (κ3) is 5.06. The Balaban J connectivity index is 1.84. The summed E-state index contributed by atoms with van der Waals surface area (Å²) >= 11 is 0. The number of rotatable bonds is 6. The molecule has 7 heteroatoms. The first-order chi connectivity index (χ1) is 11.3. The Hall–Kier alpha value is -1.89. The van der Waals surface area contributed by atoms with Crippen molar-refractivity contribution in [1.29, 1.82) is 0 Å². The van der Waals surface area contributed by atoms with Crippen LogP contribution < -0.4 is 5.32 Å². The van der Waals surface area contributed by atoms with Gasteiger partial charge in [0.05, 0.1) is 17.9 Å². The average molecular weight is 352 g/mol. The van der Waals surface area contributed by atoms with E-state index in [-0.39, 0.29) is 29.4 Å². The van der Waals surface area contributed by atoms with Crippen LogP contribution in [0.2, 0.25) is 0 Å². The van der Waals surface area contributed by atoms with Crippen LogP contribution in [0.1, 0.15) is 24.5 Å². The molecule has 1 atom stereocenters. The summed E-state index contributed by atoms with van der Waals surface area (Å²) in [6.45, 7) is 4.04. The van der Waals surface area contributed by atoms with Crippen LogP contribution in [-0.4, -0.2) is 55.8 Å². The monoisotopic (exact) mass is 352 g/mol. The number of nitrogens with zero attached hydrogens (tertiary/aromatic N) is 1. The highest BCUT2D eigenvalue weighted by atomic mass is 32.2. The van der Waals surface area contributed by atoms with Crippen LogP contribution in [0.5, 0.6) is 0 Å². The second-order valence-corrected chi connectivity index (χ2v) is 8.45. The number of benzene rings is 1. The molecule has 1 heterocycles. The molecule has 1 aromatic carbocycles. The van der Waals surface area contributed by atoms with Gasteiger partial charge in [-0.3, -0.25) is 9.59 Å². The normalized spacial score (nSPS) is 19.0.